The quantitative estimate of drug-likeness (QED) is 0.216. The number of fused-ring (bicyclic) bond motifs is 5. The monoisotopic (exact) mass is 448 g/mol. The number of benzene rings is 2. The van der Waals surface area contributed by atoms with Gasteiger partial charge in [0.2, 0.25) is 5.75 Å². The van der Waals surface area contributed by atoms with Crippen molar-refractivity contribution in [2.24, 2.45) is 28.8 Å². The minimum Gasteiger partial charge on any atom is -0.450 e. The number of ether oxygens (including phenoxy) is 1. The maximum atomic E-state index is 12.7. The van der Waals surface area contributed by atoms with E-state index in [2.05, 4.69) is 5.10 Å². The van der Waals surface area contributed by atoms with E-state index in [1.807, 2.05) is 12.2 Å². The lowest BCUT2D eigenvalue weighted by Crippen LogP contribution is -2.28. The van der Waals surface area contributed by atoms with Gasteiger partial charge in [0.1, 0.15) is 5.75 Å². The van der Waals surface area contributed by atoms with Crippen molar-refractivity contribution in [2.45, 2.75) is 6.42 Å². The summed E-state index contributed by atoms with van der Waals surface area (Å²) in [5, 5.41) is 27.1. The third kappa shape index (κ3) is 3.43. The van der Waals surface area contributed by atoms with Crippen LogP contribution >= 0.6 is 0 Å². The second kappa shape index (κ2) is 7.62. The van der Waals surface area contributed by atoms with Gasteiger partial charge in [0.25, 0.3) is 17.5 Å². The summed E-state index contributed by atoms with van der Waals surface area (Å²) < 4.78 is 5.52. The highest BCUT2D eigenvalue weighted by Gasteiger charge is 2.59. The molecule has 1 aliphatic heterocycles. The molecule has 2 fully saturated rings. The molecule has 0 aromatic heterocycles. The predicted molar refractivity (Wildman–Crippen MR) is 113 cm³/mol. The number of nitrogens with zero attached hydrogens (tertiary/aromatic N) is 4. The number of amides is 2. The van der Waals surface area contributed by atoms with Gasteiger partial charge >= 0.3 is 5.69 Å². The van der Waals surface area contributed by atoms with Gasteiger partial charge in [-0.25, -0.2) is 0 Å². The zero-order valence-corrected chi connectivity index (χ0v) is 16.9. The highest BCUT2D eigenvalue weighted by atomic mass is 16.6. The molecule has 1 saturated heterocycles. The number of non-ortho nitro benzene ring substituents is 1. The van der Waals surface area contributed by atoms with Crippen LogP contribution in [0.4, 0.5) is 11.4 Å². The molecule has 2 bridgehead atoms. The number of carbonyl (C=O) groups is 2. The first-order valence-electron chi connectivity index (χ1n) is 10.1. The van der Waals surface area contributed by atoms with E-state index in [0.29, 0.717) is 5.56 Å². The normalized spacial score (nSPS) is 25.2. The van der Waals surface area contributed by atoms with E-state index in [1.165, 1.54) is 18.3 Å². The summed E-state index contributed by atoms with van der Waals surface area (Å²) in [6.45, 7) is 0. The summed E-state index contributed by atoms with van der Waals surface area (Å²) in [5.74, 6) is -0.860. The molecule has 166 valence electrons. The fraction of sp³-hybridized carbons (Fsp3) is 0.227. The number of imide groups is 1. The van der Waals surface area contributed by atoms with Crippen LogP contribution in [0.1, 0.15) is 12.0 Å². The van der Waals surface area contributed by atoms with Crippen molar-refractivity contribution < 1.29 is 24.2 Å². The minimum absolute atomic E-state index is 0.108. The van der Waals surface area contributed by atoms with Crippen molar-refractivity contribution in [1.82, 2.24) is 5.01 Å². The minimum atomic E-state index is -0.759. The van der Waals surface area contributed by atoms with Gasteiger partial charge in [-0.1, -0.05) is 12.2 Å². The van der Waals surface area contributed by atoms with Crippen molar-refractivity contribution in [1.29, 1.82) is 0 Å². The van der Waals surface area contributed by atoms with Gasteiger partial charge < -0.3 is 4.74 Å². The van der Waals surface area contributed by atoms with Crippen LogP contribution in [0.15, 0.2) is 59.7 Å². The Labute approximate surface area is 186 Å². The van der Waals surface area contributed by atoms with Crippen molar-refractivity contribution in [3.8, 4) is 11.5 Å². The van der Waals surface area contributed by atoms with Gasteiger partial charge in [-0.05, 0) is 54.2 Å². The number of hydrogen-bond donors (Lipinski definition) is 0. The maximum absolute atomic E-state index is 12.7. The van der Waals surface area contributed by atoms with E-state index < -0.39 is 21.2 Å². The average molecular weight is 448 g/mol. The van der Waals surface area contributed by atoms with Gasteiger partial charge in [0.05, 0.1) is 34.0 Å². The number of hydrogen-bond acceptors (Lipinski definition) is 8. The first-order chi connectivity index (χ1) is 15.8. The predicted octanol–water partition coefficient (Wildman–Crippen LogP) is 3.44. The lowest BCUT2D eigenvalue weighted by Gasteiger charge is -2.13. The Balaban J connectivity index is 1.30. The molecule has 4 atom stereocenters. The van der Waals surface area contributed by atoms with Crippen LogP contribution in [-0.2, 0) is 9.59 Å². The molecule has 1 heterocycles. The number of hydrazone groups is 1. The van der Waals surface area contributed by atoms with E-state index in [-0.39, 0.29) is 47.0 Å². The Hall–Kier alpha value is -4.41. The topological polar surface area (TPSA) is 145 Å². The van der Waals surface area contributed by atoms with E-state index in [1.54, 1.807) is 12.1 Å². The average Bonchev–Trinajstić information content (AvgIpc) is 3.47. The smallest absolute Gasteiger partial charge is 0.318 e. The first-order valence-corrected chi connectivity index (χ1v) is 10.1. The van der Waals surface area contributed by atoms with E-state index in [9.17, 15) is 29.8 Å². The standard InChI is InChI=1S/C22H16N4O7/c27-21-19-13-3-4-14(9-13)20(19)22(28)24(21)23-11-12-1-6-16(7-2-12)33-18-8-5-15(25(29)30)10-17(18)26(31)32/h1-8,10-11,13-14,19-20H,9H2/b23-11-/t13-,14-,19+,20+/m0/s1. The second-order valence-electron chi connectivity index (χ2n) is 8.07. The Kier molecular flexibility index (Phi) is 4.73. The molecule has 11 nitrogen and oxygen atoms in total. The lowest BCUT2D eigenvalue weighted by molar-refractivity contribution is -0.394. The molecular formula is C22H16N4O7. The molecule has 0 unspecified atom stereocenters. The van der Waals surface area contributed by atoms with Gasteiger partial charge in [-0.2, -0.15) is 10.1 Å². The third-order valence-corrected chi connectivity index (χ3v) is 6.23. The number of nitro groups is 2. The molecule has 5 rings (SSSR count). The van der Waals surface area contributed by atoms with Crippen LogP contribution in [0.3, 0.4) is 0 Å². The molecule has 0 radical (unpaired) electrons. The van der Waals surface area contributed by atoms with Gasteiger partial charge in [0, 0.05) is 6.07 Å². The molecule has 2 aromatic carbocycles. The van der Waals surface area contributed by atoms with Crippen molar-refractivity contribution in [3.05, 3.63) is 80.4 Å². The van der Waals surface area contributed by atoms with Crippen LogP contribution in [0, 0.1) is 43.9 Å². The Bertz CT molecular complexity index is 1220. The van der Waals surface area contributed by atoms with Crippen LogP contribution < -0.4 is 4.74 Å². The molecule has 1 saturated carbocycles. The first kappa shape index (κ1) is 20.5. The van der Waals surface area contributed by atoms with Crippen molar-refractivity contribution in [3.63, 3.8) is 0 Å². The molecule has 0 spiro atoms. The van der Waals surface area contributed by atoms with Crippen molar-refractivity contribution >= 4 is 29.4 Å². The lowest BCUT2D eigenvalue weighted by atomic mass is 9.85. The summed E-state index contributed by atoms with van der Waals surface area (Å²) in [6, 6.07) is 9.37. The SMILES string of the molecule is O=C1[C@H]2[C@H](C(=O)N1/N=C\c1ccc(Oc3ccc([N+](=O)[O-])cc3[N+](=O)[O-])cc1)[C@H]1C=C[C@H]2C1. The zero-order chi connectivity index (χ0) is 23.3. The number of nitro benzene ring substituents is 2. The molecule has 33 heavy (non-hydrogen) atoms. The molecule has 3 aliphatic rings. The Morgan fingerprint density at radius 2 is 1.58 bits per heavy atom. The third-order valence-electron chi connectivity index (χ3n) is 6.23. The maximum Gasteiger partial charge on any atom is 0.318 e. The number of allylic oxidation sites excluding steroid dienone is 2. The molecule has 2 aliphatic carbocycles. The van der Waals surface area contributed by atoms with Crippen LogP contribution in [0.25, 0.3) is 0 Å². The summed E-state index contributed by atoms with van der Waals surface area (Å²) >= 11 is 0. The summed E-state index contributed by atoms with van der Waals surface area (Å²) in [5.41, 5.74) is -0.367. The van der Waals surface area contributed by atoms with Gasteiger partial charge in [-0.15, -0.1) is 0 Å². The second-order valence-corrected chi connectivity index (χ2v) is 8.07. The highest BCUT2D eigenvalue weighted by Crippen LogP contribution is 2.52. The molecule has 0 N–H and O–H groups in total. The largest absolute Gasteiger partial charge is 0.450 e. The van der Waals surface area contributed by atoms with Crippen LogP contribution in [-0.4, -0.2) is 32.9 Å². The number of carbonyl (C=O) groups excluding carboxylic acids is 2. The summed E-state index contributed by atoms with van der Waals surface area (Å²) in [6.07, 6.45) is 6.26. The molecular weight excluding hydrogens is 432 g/mol. The molecule has 2 amide bonds. The fourth-order valence-corrected chi connectivity index (χ4v) is 4.72. The van der Waals surface area contributed by atoms with E-state index in [4.69, 9.17) is 4.74 Å². The highest BCUT2D eigenvalue weighted by molar-refractivity contribution is 6.06. The van der Waals surface area contributed by atoms with Crippen LogP contribution in [0.2, 0.25) is 0 Å². The number of rotatable bonds is 6. The fourth-order valence-electron chi connectivity index (χ4n) is 4.72. The summed E-state index contributed by atoms with van der Waals surface area (Å²) in [4.78, 5) is 45.9. The van der Waals surface area contributed by atoms with Gasteiger partial charge in [0.15, 0.2) is 0 Å². The van der Waals surface area contributed by atoms with Crippen LogP contribution in [0.5, 0.6) is 11.5 Å². The summed E-state index contributed by atoms with van der Waals surface area (Å²) in [7, 11) is 0. The van der Waals surface area contributed by atoms with Crippen molar-refractivity contribution in [2.75, 3.05) is 0 Å². The van der Waals surface area contributed by atoms with E-state index in [0.717, 1.165) is 29.6 Å². The Morgan fingerprint density at radius 1 is 0.939 bits per heavy atom. The van der Waals surface area contributed by atoms with Gasteiger partial charge in [-0.3, -0.25) is 29.8 Å². The van der Waals surface area contributed by atoms with E-state index >= 15 is 0 Å². The Morgan fingerprint density at radius 3 is 2.15 bits per heavy atom. The molecule has 2 aromatic rings. The molecule has 11 heteroatoms. The zero-order valence-electron chi connectivity index (χ0n) is 16.9.